The Morgan fingerprint density at radius 2 is 2.06 bits per heavy atom. The highest BCUT2D eigenvalue weighted by molar-refractivity contribution is 9.10. The van der Waals surface area contributed by atoms with E-state index in [1.165, 1.54) is 0 Å². The second-order valence-corrected chi connectivity index (χ2v) is 5.04. The van der Waals surface area contributed by atoms with Crippen molar-refractivity contribution >= 4 is 15.9 Å². The van der Waals surface area contributed by atoms with Gasteiger partial charge in [0.25, 0.3) is 0 Å². The average Bonchev–Trinajstić information content (AvgIpc) is 2.17. The van der Waals surface area contributed by atoms with Gasteiger partial charge in [0.1, 0.15) is 5.75 Å². The predicted molar refractivity (Wildman–Crippen MR) is 71.7 cm³/mol. The molecule has 1 aromatic carbocycles. The van der Waals surface area contributed by atoms with Gasteiger partial charge in [0.05, 0.1) is 6.10 Å². The summed E-state index contributed by atoms with van der Waals surface area (Å²) in [6.45, 7) is 6.23. The molecule has 0 heterocycles. The lowest BCUT2D eigenvalue weighted by Crippen LogP contribution is -2.11. The number of halogens is 1. The normalized spacial score (nSPS) is 14.6. The van der Waals surface area contributed by atoms with Crippen LogP contribution in [0.15, 0.2) is 22.7 Å². The minimum atomic E-state index is 0.0384. The molecule has 2 N–H and O–H groups in total. The predicted octanol–water partition coefficient (Wildman–Crippen LogP) is 4.04. The maximum atomic E-state index is 5.84. The van der Waals surface area contributed by atoms with Gasteiger partial charge in [0.2, 0.25) is 0 Å². The lowest BCUT2D eigenvalue weighted by Gasteiger charge is -2.15. The topological polar surface area (TPSA) is 35.2 Å². The fourth-order valence-corrected chi connectivity index (χ4v) is 2.37. The van der Waals surface area contributed by atoms with E-state index in [2.05, 4.69) is 29.8 Å². The number of nitrogens with two attached hydrogens (primary N) is 1. The second-order valence-electron chi connectivity index (χ2n) is 4.19. The Bertz CT molecular complexity index is 339. The van der Waals surface area contributed by atoms with Crippen LogP contribution >= 0.6 is 15.9 Å². The lowest BCUT2D eigenvalue weighted by atomic mass is 10.1. The van der Waals surface area contributed by atoms with Crippen LogP contribution in [0.25, 0.3) is 0 Å². The van der Waals surface area contributed by atoms with Crippen LogP contribution in [-0.4, -0.2) is 6.10 Å². The van der Waals surface area contributed by atoms with E-state index >= 15 is 0 Å². The number of rotatable bonds is 5. The Kier molecular flexibility index (Phi) is 5.29. The molecule has 90 valence electrons. The molecule has 0 aliphatic carbocycles. The molecule has 2 atom stereocenters. The van der Waals surface area contributed by atoms with E-state index in [0.29, 0.717) is 0 Å². The summed E-state index contributed by atoms with van der Waals surface area (Å²) in [6, 6.07) is 6.03. The van der Waals surface area contributed by atoms with E-state index in [4.69, 9.17) is 10.5 Å². The van der Waals surface area contributed by atoms with Gasteiger partial charge in [-0.3, -0.25) is 0 Å². The second kappa shape index (κ2) is 6.26. The van der Waals surface area contributed by atoms with Crippen molar-refractivity contribution in [2.75, 3.05) is 0 Å². The van der Waals surface area contributed by atoms with Crippen molar-refractivity contribution in [3.63, 3.8) is 0 Å². The molecule has 0 amide bonds. The van der Waals surface area contributed by atoms with Crippen LogP contribution in [0.4, 0.5) is 0 Å². The molecule has 0 radical (unpaired) electrons. The van der Waals surface area contributed by atoms with Gasteiger partial charge < -0.3 is 10.5 Å². The standard InChI is InChI=1S/C13H20BrNO/c1-4-5-9(2)16-11-6-7-12(10(3)15)13(14)8-11/h6-10H,4-5,15H2,1-3H3/t9?,10-/m1/s1. The summed E-state index contributed by atoms with van der Waals surface area (Å²) in [6.07, 6.45) is 2.48. The first kappa shape index (κ1) is 13.5. The zero-order valence-electron chi connectivity index (χ0n) is 10.2. The molecule has 0 spiro atoms. The summed E-state index contributed by atoms with van der Waals surface area (Å²) >= 11 is 3.52. The van der Waals surface area contributed by atoms with Gasteiger partial charge in [-0.05, 0) is 38.0 Å². The molecule has 0 aliphatic rings. The van der Waals surface area contributed by atoms with Crippen LogP contribution in [-0.2, 0) is 0 Å². The molecule has 1 aromatic rings. The molecule has 0 aliphatic heterocycles. The fraction of sp³-hybridized carbons (Fsp3) is 0.538. The van der Waals surface area contributed by atoms with Gasteiger partial charge in [0.15, 0.2) is 0 Å². The van der Waals surface area contributed by atoms with Crippen LogP contribution < -0.4 is 10.5 Å². The van der Waals surface area contributed by atoms with Gasteiger partial charge >= 0.3 is 0 Å². The number of ether oxygens (including phenoxy) is 1. The monoisotopic (exact) mass is 285 g/mol. The number of benzene rings is 1. The molecule has 2 nitrogen and oxygen atoms in total. The average molecular weight is 286 g/mol. The van der Waals surface area contributed by atoms with Crippen molar-refractivity contribution in [3.05, 3.63) is 28.2 Å². The summed E-state index contributed by atoms with van der Waals surface area (Å²) in [4.78, 5) is 0. The molecule has 1 unspecified atom stereocenters. The molecule has 3 heteroatoms. The van der Waals surface area contributed by atoms with Gasteiger partial charge in [-0.2, -0.15) is 0 Å². The van der Waals surface area contributed by atoms with Crippen molar-refractivity contribution in [1.82, 2.24) is 0 Å². The highest BCUT2D eigenvalue weighted by Gasteiger charge is 2.08. The molecule has 0 saturated carbocycles. The maximum Gasteiger partial charge on any atom is 0.120 e. The lowest BCUT2D eigenvalue weighted by molar-refractivity contribution is 0.210. The summed E-state index contributed by atoms with van der Waals surface area (Å²) in [7, 11) is 0. The first-order chi connectivity index (χ1) is 7.54. The van der Waals surface area contributed by atoms with Crippen molar-refractivity contribution < 1.29 is 4.74 Å². The largest absolute Gasteiger partial charge is 0.491 e. The van der Waals surface area contributed by atoms with Crippen molar-refractivity contribution in [2.24, 2.45) is 5.73 Å². The first-order valence-electron chi connectivity index (χ1n) is 5.76. The number of hydrogen-bond donors (Lipinski definition) is 1. The van der Waals surface area contributed by atoms with Crippen molar-refractivity contribution in [1.29, 1.82) is 0 Å². The van der Waals surface area contributed by atoms with E-state index in [1.54, 1.807) is 0 Å². The maximum absolute atomic E-state index is 5.84. The molecule has 0 aromatic heterocycles. The Morgan fingerprint density at radius 1 is 1.38 bits per heavy atom. The van der Waals surface area contributed by atoms with Gasteiger partial charge in [0, 0.05) is 10.5 Å². The van der Waals surface area contributed by atoms with Gasteiger partial charge in [-0.1, -0.05) is 35.3 Å². The first-order valence-corrected chi connectivity index (χ1v) is 6.55. The summed E-state index contributed by atoms with van der Waals surface area (Å²) in [5.41, 5.74) is 6.95. The third-order valence-corrected chi connectivity index (χ3v) is 3.18. The Balaban J connectivity index is 2.73. The highest BCUT2D eigenvalue weighted by Crippen LogP contribution is 2.27. The van der Waals surface area contributed by atoms with Crippen LogP contribution in [0.3, 0.4) is 0 Å². The summed E-state index contributed by atoms with van der Waals surface area (Å²) < 4.78 is 6.82. The van der Waals surface area contributed by atoms with Crippen LogP contribution in [0, 0.1) is 0 Å². The number of hydrogen-bond acceptors (Lipinski definition) is 2. The minimum Gasteiger partial charge on any atom is -0.491 e. The van der Waals surface area contributed by atoms with E-state index in [9.17, 15) is 0 Å². The van der Waals surface area contributed by atoms with E-state index in [1.807, 2.05) is 25.1 Å². The Morgan fingerprint density at radius 3 is 2.56 bits per heavy atom. The zero-order chi connectivity index (χ0) is 12.1. The molecule has 1 rings (SSSR count). The van der Waals surface area contributed by atoms with Gasteiger partial charge in [-0.25, -0.2) is 0 Å². The SMILES string of the molecule is CCCC(C)Oc1ccc([C@@H](C)N)c(Br)c1. The third kappa shape index (κ3) is 3.80. The molecular weight excluding hydrogens is 266 g/mol. The zero-order valence-corrected chi connectivity index (χ0v) is 11.8. The molecule has 0 bridgehead atoms. The van der Waals surface area contributed by atoms with Crippen molar-refractivity contribution in [3.8, 4) is 5.75 Å². The van der Waals surface area contributed by atoms with Gasteiger partial charge in [-0.15, -0.1) is 0 Å². The van der Waals surface area contributed by atoms with E-state index < -0.39 is 0 Å². The van der Waals surface area contributed by atoms with E-state index in [0.717, 1.165) is 28.6 Å². The fourth-order valence-electron chi connectivity index (χ4n) is 1.65. The molecule has 0 fully saturated rings. The van der Waals surface area contributed by atoms with Crippen molar-refractivity contribution in [2.45, 2.75) is 45.8 Å². The summed E-state index contributed by atoms with van der Waals surface area (Å²) in [5, 5.41) is 0. The minimum absolute atomic E-state index is 0.0384. The summed E-state index contributed by atoms with van der Waals surface area (Å²) in [5.74, 6) is 0.900. The quantitative estimate of drug-likeness (QED) is 0.886. The third-order valence-electron chi connectivity index (χ3n) is 2.49. The molecule has 0 saturated heterocycles. The Labute approximate surface area is 106 Å². The van der Waals surface area contributed by atoms with Crippen LogP contribution in [0.2, 0.25) is 0 Å². The highest BCUT2D eigenvalue weighted by atomic mass is 79.9. The smallest absolute Gasteiger partial charge is 0.120 e. The van der Waals surface area contributed by atoms with E-state index in [-0.39, 0.29) is 12.1 Å². The van der Waals surface area contributed by atoms with Crippen LogP contribution in [0.5, 0.6) is 5.75 Å². The Hall–Kier alpha value is -0.540. The molecular formula is C13H20BrNO. The molecule has 16 heavy (non-hydrogen) atoms. The van der Waals surface area contributed by atoms with Crippen LogP contribution in [0.1, 0.15) is 45.2 Å².